The quantitative estimate of drug-likeness (QED) is 0.699. The number of fused-ring (bicyclic) bond motifs is 1. The van der Waals surface area contributed by atoms with Crippen molar-refractivity contribution in [3.8, 4) is 0 Å². The van der Waals surface area contributed by atoms with E-state index in [0.29, 0.717) is 41.6 Å². The molecule has 0 N–H and O–H groups in total. The molecular weight excluding hydrogens is 269 g/mol. The molecule has 4 unspecified atom stereocenters. The Hall–Kier alpha value is -0.465. The smallest absolute Gasteiger partial charge is 0.223 e. The van der Waals surface area contributed by atoms with Gasteiger partial charge in [-0.2, -0.15) is 0 Å². The van der Waals surface area contributed by atoms with Crippen molar-refractivity contribution in [1.82, 2.24) is 4.90 Å². The highest BCUT2D eigenvalue weighted by Crippen LogP contribution is 2.43. The predicted octanol–water partition coefficient (Wildman–Crippen LogP) is 4.59. The van der Waals surface area contributed by atoms with E-state index in [0.717, 1.165) is 19.3 Å². The summed E-state index contributed by atoms with van der Waals surface area (Å²) in [5, 5.41) is 0. The van der Waals surface area contributed by atoms with Gasteiger partial charge in [-0.1, -0.05) is 51.8 Å². The molecule has 4 atom stereocenters. The molecule has 2 aliphatic rings. The molecule has 22 heavy (non-hydrogen) atoms. The zero-order valence-electron chi connectivity index (χ0n) is 15.1. The fourth-order valence-corrected chi connectivity index (χ4v) is 4.83. The van der Waals surface area contributed by atoms with Crippen molar-refractivity contribution in [3.63, 3.8) is 0 Å². The van der Waals surface area contributed by atoms with Gasteiger partial charge in [-0.15, -0.1) is 0 Å². The van der Waals surface area contributed by atoms with Crippen LogP contribution in [0.3, 0.4) is 0 Å². The number of piperidine rings is 1. The number of amides is 1. The van der Waals surface area contributed by atoms with Gasteiger partial charge >= 0.3 is 0 Å². The van der Waals surface area contributed by atoms with E-state index in [4.69, 9.17) is 7.85 Å². The van der Waals surface area contributed by atoms with Crippen molar-refractivity contribution in [2.24, 2.45) is 17.8 Å². The topological polar surface area (TPSA) is 20.3 Å². The highest BCUT2D eigenvalue weighted by molar-refractivity contribution is 6.11. The fraction of sp³-hybridized carbons (Fsp3) is 0.947. The summed E-state index contributed by atoms with van der Waals surface area (Å²) in [5.41, 5.74) is 0. The summed E-state index contributed by atoms with van der Waals surface area (Å²) in [6, 6.07) is 0.742. The SMILES string of the molecule is [B]C1CCCCCC2C(C1)C(CC(C)C)CC(=O)N2C(C)C. The monoisotopic (exact) mass is 303 g/mol. The van der Waals surface area contributed by atoms with Crippen LogP contribution < -0.4 is 0 Å². The molecule has 1 aliphatic heterocycles. The number of likely N-dealkylation sites (tertiary alicyclic amines) is 1. The van der Waals surface area contributed by atoms with Gasteiger partial charge in [-0.3, -0.25) is 4.79 Å². The lowest BCUT2D eigenvalue weighted by atomic mass is 9.67. The molecule has 1 saturated carbocycles. The number of carbonyl (C=O) groups is 1. The first kappa shape index (κ1) is 17.9. The average Bonchev–Trinajstić information content (AvgIpc) is 2.48. The van der Waals surface area contributed by atoms with Gasteiger partial charge in [0, 0.05) is 18.5 Å². The lowest BCUT2D eigenvalue weighted by molar-refractivity contribution is -0.145. The molecule has 0 aromatic carbocycles. The largest absolute Gasteiger partial charge is 0.337 e. The molecule has 2 rings (SSSR count). The lowest BCUT2D eigenvalue weighted by Crippen LogP contribution is -2.55. The zero-order valence-corrected chi connectivity index (χ0v) is 15.1. The Morgan fingerprint density at radius 3 is 2.45 bits per heavy atom. The first-order valence-electron chi connectivity index (χ1n) is 9.46. The first-order chi connectivity index (χ1) is 10.4. The minimum Gasteiger partial charge on any atom is -0.337 e. The zero-order chi connectivity index (χ0) is 16.3. The van der Waals surface area contributed by atoms with E-state index < -0.39 is 0 Å². The number of nitrogens with zero attached hydrogens (tertiary/aromatic N) is 1. The number of carbonyl (C=O) groups excluding carboxylic acids is 1. The molecule has 2 fully saturated rings. The molecule has 1 heterocycles. The van der Waals surface area contributed by atoms with Crippen molar-refractivity contribution in [3.05, 3.63) is 0 Å². The maximum absolute atomic E-state index is 12.7. The fourth-order valence-electron chi connectivity index (χ4n) is 4.83. The highest BCUT2D eigenvalue weighted by atomic mass is 16.2. The molecule has 2 radical (unpaired) electrons. The Labute approximate surface area is 138 Å². The van der Waals surface area contributed by atoms with Gasteiger partial charge in [0.15, 0.2) is 0 Å². The first-order valence-corrected chi connectivity index (χ1v) is 9.46. The Morgan fingerprint density at radius 1 is 1.14 bits per heavy atom. The average molecular weight is 303 g/mol. The van der Waals surface area contributed by atoms with E-state index in [2.05, 4.69) is 32.6 Å². The third kappa shape index (κ3) is 4.29. The van der Waals surface area contributed by atoms with Crippen LogP contribution in [0.1, 0.15) is 79.1 Å². The molecule has 2 nitrogen and oxygen atoms in total. The summed E-state index contributed by atoms with van der Waals surface area (Å²) in [6.07, 6.45) is 9.13. The summed E-state index contributed by atoms with van der Waals surface area (Å²) in [4.78, 5) is 15.0. The Balaban J connectivity index is 2.26. The standard InChI is InChI=1S/C19H34BNO/c1-13(2)10-15-11-19(22)21(14(3)4)18-9-7-5-6-8-16(20)12-17(15)18/h13-18H,5-12H2,1-4H3. The van der Waals surface area contributed by atoms with Crippen LogP contribution >= 0.6 is 0 Å². The van der Waals surface area contributed by atoms with E-state index in [-0.39, 0.29) is 0 Å². The maximum atomic E-state index is 12.7. The Bertz CT molecular complexity index is 368. The summed E-state index contributed by atoms with van der Waals surface area (Å²) in [5.74, 6) is 2.51. The second kappa shape index (κ2) is 7.88. The van der Waals surface area contributed by atoms with Crippen LogP contribution in [-0.2, 0) is 4.79 Å². The molecule has 0 aromatic rings. The van der Waals surface area contributed by atoms with Crippen molar-refractivity contribution < 1.29 is 4.79 Å². The van der Waals surface area contributed by atoms with Crippen molar-refractivity contribution in [1.29, 1.82) is 0 Å². The molecule has 1 saturated heterocycles. The molecular formula is C19H34BNO. The predicted molar refractivity (Wildman–Crippen MR) is 94.0 cm³/mol. The lowest BCUT2D eigenvalue weighted by Gasteiger charge is -2.48. The molecule has 1 amide bonds. The minimum atomic E-state index is 0.317. The van der Waals surface area contributed by atoms with Crippen molar-refractivity contribution >= 4 is 13.8 Å². The number of rotatable bonds is 3. The van der Waals surface area contributed by atoms with Crippen molar-refractivity contribution in [2.75, 3.05) is 0 Å². The summed E-state index contributed by atoms with van der Waals surface area (Å²) in [7, 11) is 6.43. The second-order valence-electron chi connectivity index (χ2n) is 8.35. The van der Waals surface area contributed by atoms with Crippen LogP contribution in [0.25, 0.3) is 0 Å². The van der Waals surface area contributed by atoms with Gasteiger partial charge in [-0.25, -0.2) is 0 Å². The van der Waals surface area contributed by atoms with Crippen LogP contribution in [0.2, 0.25) is 5.82 Å². The van der Waals surface area contributed by atoms with Crippen LogP contribution in [-0.4, -0.2) is 30.7 Å². The van der Waals surface area contributed by atoms with Crippen molar-refractivity contribution in [2.45, 2.75) is 97.0 Å². The van der Waals surface area contributed by atoms with Crippen LogP contribution in [0.15, 0.2) is 0 Å². The van der Waals surface area contributed by atoms with Gasteiger partial charge in [0.1, 0.15) is 0 Å². The van der Waals surface area contributed by atoms with Crippen LogP contribution in [0.5, 0.6) is 0 Å². The maximum Gasteiger partial charge on any atom is 0.223 e. The second-order valence-corrected chi connectivity index (χ2v) is 8.35. The van der Waals surface area contributed by atoms with Gasteiger partial charge in [0.2, 0.25) is 5.91 Å². The Kier molecular flexibility index (Phi) is 6.41. The van der Waals surface area contributed by atoms with E-state index in [1.807, 2.05) is 0 Å². The van der Waals surface area contributed by atoms with Gasteiger partial charge in [-0.05, 0) is 44.4 Å². The molecule has 0 spiro atoms. The summed E-state index contributed by atoms with van der Waals surface area (Å²) >= 11 is 0. The third-order valence-corrected chi connectivity index (χ3v) is 5.66. The van der Waals surface area contributed by atoms with E-state index in [9.17, 15) is 4.79 Å². The van der Waals surface area contributed by atoms with E-state index in [1.165, 1.54) is 32.1 Å². The van der Waals surface area contributed by atoms with Crippen LogP contribution in [0, 0.1) is 17.8 Å². The minimum absolute atomic E-state index is 0.317. The molecule has 3 heteroatoms. The molecule has 0 bridgehead atoms. The van der Waals surface area contributed by atoms with Crippen LogP contribution in [0.4, 0.5) is 0 Å². The van der Waals surface area contributed by atoms with Gasteiger partial charge < -0.3 is 4.90 Å². The molecule has 0 aromatic heterocycles. The molecule has 1 aliphatic carbocycles. The molecule has 124 valence electrons. The Morgan fingerprint density at radius 2 is 1.82 bits per heavy atom. The number of hydrogen-bond acceptors (Lipinski definition) is 1. The normalized spacial score (nSPS) is 34.3. The van der Waals surface area contributed by atoms with Gasteiger partial charge in [0.05, 0.1) is 7.85 Å². The third-order valence-electron chi connectivity index (χ3n) is 5.66. The van der Waals surface area contributed by atoms with Gasteiger partial charge in [0.25, 0.3) is 0 Å². The van der Waals surface area contributed by atoms with E-state index in [1.54, 1.807) is 0 Å². The highest BCUT2D eigenvalue weighted by Gasteiger charge is 2.43. The van der Waals surface area contributed by atoms with E-state index >= 15 is 0 Å². The summed E-state index contributed by atoms with van der Waals surface area (Å²) in [6.45, 7) is 8.90. The number of hydrogen-bond donors (Lipinski definition) is 0. The summed E-state index contributed by atoms with van der Waals surface area (Å²) < 4.78 is 0.